The van der Waals surface area contributed by atoms with Crippen LogP contribution in [0.15, 0.2) is 132 Å². The number of fused-ring (bicyclic) bond motifs is 2. The van der Waals surface area contributed by atoms with Crippen LogP contribution >= 0.6 is 0 Å². The molecule has 1 fully saturated rings. The molecule has 0 amide bonds. The summed E-state index contributed by atoms with van der Waals surface area (Å²) >= 11 is 0. The maximum absolute atomic E-state index is 6.74. The van der Waals surface area contributed by atoms with Gasteiger partial charge in [-0.3, -0.25) is 4.99 Å². The van der Waals surface area contributed by atoms with Crippen LogP contribution in [0, 0.1) is 0 Å². The Morgan fingerprint density at radius 1 is 0.696 bits per heavy atom. The van der Waals surface area contributed by atoms with Crippen LogP contribution in [-0.2, 0) is 9.47 Å². The molecule has 0 bridgehead atoms. The summed E-state index contributed by atoms with van der Waals surface area (Å²) in [5.41, 5.74) is 7.24. The van der Waals surface area contributed by atoms with Crippen molar-refractivity contribution in [3.8, 4) is 11.5 Å². The van der Waals surface area contributed by atoms with Gasteiger partial charge in [0, 0.05) is 35.9 Å². The smallest absolute Gasteiger partial charge is 0.168 e. The van der Waals surface area contributed by atoms with Crippen molar-refractivity contribution in [3.63, 3.8) is 0 Å². The minimum absolute atomic E-state index is 0.213. The lowest BCUT2D eigenvalue weighted by atomic mass is 10.00. The van der Waals surface area contributed by atoms with Crippen LogP contribution in [0.25, 0.3) is 0 Å². The Hall–Kier alpha value is -4.95. The second-order valence-corrected chi connectivity index (χ2v) is 12.2. The van der Waals surface area contributed by atoms with E-state index in [1.54, 1.807) is 0 Å². The second kappa shape index (κ2) is 11.8. The van der Waals surface area contributed by atoms with Crippen LogP contribution < -0.4 is 19.9 Å². The minimum Gasteiger partial charge on any atom is -0.453 e. The van der Waals surface area contributed by atoms with Gasteiger partial charge < -0.3 is 29.3 Å². The van der Waals surface area contributed by atoms with Gasteiger partial charge in [0.25, 0.3) is 0 Å². The highest BCUT2D eigenvalue weighted by Crippen LogP contribution is 2.53. The van der Waals surface area contributed by atoms with Gasteiger partial charge in [0.1, 0.15) is 6.10 Å². The Morgan fingerprint density at radius 3 is 2.04 bits per heavy atom. The van der Waals surface area contributed by atoms with Crippen molar-refractivity contribution in [2.24, 2.45) is 4.99 Å². The molecule has 0 aromatic heterocycles. The van der Waals surface area contributed by atoms with E-state index in [0.717, 1.165) is 58.6 Å². The Morgan fingerprint density at radius 2 is 1.35 bits per heavy atom. The number of nitrogens with zero attached hydrogens (tertiary/aromatic N) is 3. The fraction of sp³-hybridized carbons (Fsp3) is 0.205. The van der Waals surface area contributed by atoms with Crippen LogP contribution in [0.1, 0.15) is 37.1 Å². The monoisotopic (exact) mass is 608 g/mol. The number of ether oxygens (including phenoxy) is 3. The molecule has 1 saturated heterocycles. The fourth-order valence-electron chi connectivity index (χ4n) is 6.60. The quantitative estimate of drug-likeness (QED) is 0.208. The third-order valence-corrected chi connectivity index (χ3v) is 8.70. The van der Waals surface area contributed by atoms with Crippen molar-refractivity contribution in [3.05, 3.63) is 139 Å². The van der Waals surface area contributed by atoms with E-state index in [1.807, 2.05) is 50.4 Å². The van der Waals surface area contributed by atoms with Crippen LogP contribution in [0.5, 0.6) is 11.5 Å². The van der Waals surface area contributed by atoms with Gasteiger partial charge in [-0.15, -0.1) is 0 Å². The third-order valence-electron chi connectivity index (χ3n) is 8.70. The maximum atomic E-state index is 6.74. The summed E-state index contributed by atoms with van der Waals surface area (Å²) in [4.78, 5) is 8.94. The summed E-state index contributed by atoms with van der Waals surface area (Å²) in [6, 6.07) is 44.2. The lowest BCUT2D eigenvalue weighted by Gasteiger charge is -2.38. The zero-order chi connectivity index (χ0) is 31.1. The van der Waals surface area contributed by atoms with Crippen molar-refractivity contribution in [1.29, 1.82) is 0 Å². The minimum atomic E-state index is -0.793. The van der Waals surface area contributed by atoms with E-state index in [0.29, 0.717) is 0 Å². The van der Waals surface area contributed by atoms with E-state index in [1.165, 1.54) is 5.56 Å². The molecule has 0 aliphatic carbocycles. The molecule has 5 aromatic carbocycles. The number of para-hydroxylation sites is 4. The lowest BCUT2D eigenvalue weighted by molar-refractivity contribution is -0.146. The molecule has 1 unspecified atom stereocenters. The van der Waals surface area contributed by atoms with E-state index in [-0.39, 0.29) is 12.1 Å². The summed E-state index contributed by atoms with van der Waals surface area (Å²) < 4.78 is 20.0. The Labute approximate surface area is 269 Å². The number of rotatable bonds is 6. The highest BCUT2D eigenvalue weighted by Gasteiger charge is 2.47. The van der Waals surface area contributed by atoms with E-state index < -0.39 is 12.0 Å². The van der Waals surface area contributed by atoms with Gasteiger partial charge in [0.15, 0.2) is 23.5 Å². The molecular weight excluding hydrogens is 572 g/mol. The fourth-order valence-corrected chi connectivity index (χ4v) is 6.60. The number of nitrogens with one attached hydrogen (secondary N) is 1. The zero-order valence-corrected chi connectivity index (χ0v) is 25.9. The molecule has 0 radical (unpaired) electrons. The summed E-state index contributed by atoms with van der Waals surface area (Å²) in [7, 11) is 0. The first-order chi connectivity index (χ1) is 22.5. The van der Waals surface area contributed by atoms with Crippen LogP contribution in [0.2, 0.25) is 0 Å². The van der Waals surface area contributed by atoms with Gasteiger partial charge in [0.2, 0.25) is 0 Å². The average Bonchev–Trinajstić information content (AvgIpc) is 3.43. The molecule has 46 heavy (non-hydrogen) atoms. The Bertz CT molecular complexity index is 1820. The van der Waals surface area contributed by atoms with Crippen LogP contribution in [0.3, 0.4) is 0 Å². The maximum Gasteiger partial charge on any atom is 0.168 e. The van der Waals surface area contributed by atoms with Gasteiger partial charge in [-0.25, -0.2) is 0 Å². The van der Waals surface area contributed by atoms with E-state index >= 15 is 0 Å². The number of hydrogen-bond donors (Lipinski definition) is 1. The molecule has 5 aromatic rings. The predicted octanol–water partition coefficient (Wildman–Crippen LogP) is 8.97. The average molecular weight is 609 g/mol. The first-order valence-corrected chi connectivity index (χ1v) is 15.8. The molecule has 0 spiro atoms. The highest BCUT2D eigenvalue weighted by atomic mass is 16.8. The summed E-state index contributed by atoms with van der Waals surface area (Å²) in [5.74, 6) is 0.724. The molecule has 0 saturated carbocycles. The summed E-state index contributed by atoms with van der Waals surface area (Å²) in [6.07, 6.45) is 1.15. The molecule has 7 nitrogen and oxygen atoms in total. The topological polar surface area (TPSA) is 58.6 Å². The molecule has 3 aliphatic heterocycles. The standard InChI is InChI=1S/C39H36N4O3/c1-39(2)45-37(28-19-17-27(18-20-28)32-26-40-23-24-41-32)38(46-39)43-33-15-9-10-16-35(33)44-36-25-31(21-22-34(36)43)42(29-11-5-3-6-12-29)30-13-7-4-8-14-30/h3-23,25,32,37-38,41H,24,26H2,1-2H3/t32?,37-,38+/m1/s1. The van der Waals surface area contributed by atoms with E-state index in [2.05, 4.69) is 117 Å². The molecular formula is C39H36N4O3. The number of benzene rings is 5. The molecule has 1 N–H and O–H groups in total. The number of anilines is 5. The van der Waals surface area contributed by atoms with Crippen molar-refractivity contribution < 1.29 is 14.2 Å². The van der Waals surface area contributed by atoms with Crippen molar-refractivity contribution >= 4 is 34.7 Å². The normalized spacial score (nSPS) is 21.3. The third kappa shape index (κ3) is 5.32. The van der Waals surface area contributed by atoms with Crippen molar-refractivity contribution in [2.75, 3.05) is 22.9 Å². The molecule has 3 atom stereocenters. The van der Waals surface area contributed by atoms with Gasteiger partial charge in [-0.05, 0) is 73.5 Å². The lowest BCUT2D eigenvalue weighted by Crippen LogP contribution is -2.37. The second-order valence-electron chi connectivity index (χ2n) is 12.2. The van der Waals surface area contributed by atoms with E-state index in [4.69, 9.17) is 14.2 Å². The Balaban J connectivity index is 1.20. The Kier molecular flexibility index (Phi) is 7.29. The molecule has 8 rings (SSSR count). The van der Waals surface area contributed by atoms with Crippen LogP contribution in [0.4, 0.5) is 28.4 Å². The molecule has 7 heteroatoms. The van der Waals surface area contributed by atoms with Gasteiger partial charge >= 0.3 is 0 Å². The summed E-state index contributed by atoms with van der Waals surface area (Å²) in [5, 5.41) is 3.52. The van der Waals surface area contributed by atoms with Gasteiger partial charge in [-0.2, -0.15) is 0 Å². The van der Waals surface area contributed by atoms with Crippen LogP contribution in [-0.4, -0.2) is 31.3 Å². The highest BCUT2D eigenvalue weighted by molar-refractivity contribution is 5.84. The van der Waals surface area contributed by atoms with Gasteiger partial charge in [-0.1, -0.05) is 72.8 Å². The zero-order valence-electron chi connectivity index (χ0n) is 25.9. The van der Waals surface area contributed by atoms with Crippen molar-refractivity contribution in [2.45, 2.75) is 38.0 Å². The molecule has 3 aliphatic rings. The van der Waals surface area contributed by atoms with Gasteiger partial charge in [0.05, 0.1) is 24.0 Å². The summed E-state index contributed by atoms with van der Waals surface area (Å²) in [6.45, 7) is 5.49. The number of hydrogen-bond acceptors (Lipinski definition) is 7. The first kappa shape index (κ1) is 28.5. The molecule has 230 valence electrons. The largest absolute Gasteiger partial charge is 0.453 e. The van der Waals surface area contributed by atoms with E-state index in [9.17, 15) is 0 Å². The molecule has 3 heterocycles. The predicted molar refractivity (Wildman–Crippen MR) is 183 cm³/mol. The number of aliphatic imine (C=N–C) groups is 1. The SMILES string of the molecule is CC1(C)O[C@H](c2ccc(C3CN=CCN3)cc2)[C@@H](N2c3ccccc3Oc3cc(N(c4ccccc4)c4ccccc4)ccc32)O1. The first-order valence-electron chi connectivity index (χ1n) is 15.8. The van der Waals surface area contributed by atoms with Crippen molar-refractivity contribution in [1.82, 2.24) is 5.32 Å².